The first-order valence-corrected chi connectivity index (χ1v) is 6.87. The van der Waals surface area contributed by atoms with Crippen LogP contribution in [0.15, 0.2) is 36.4 Å². The molecule has 0 N–H and O–H groups in total. The summed E-state index contributed by atoms with van der Waals surface area (Å²) in [6.45, 7) is 2.21. The lowest BCUT2D eigenvalue weighted by atomic mass is 10.1. The van der Waals surface area contributed by atoms with Gasteiger partial charge in [0.15, 0.2) is 0 Å². The lowest BCUT2D eigenvalue weighted by Gasteiger charge is -1.97. The molecule has 3 nitrogen and oxygen atoms in total. The van der Waals surface area contributed by atoms with E-state index in [1.54, 1.807) is 0 Å². The Morgan fingerprint density at radius 3 is 2.79 bits per heavy atom. The zero-order valence-corrected chi connectivity index (χ0v) is 10.9. The van der Waals surface area contributed by atoms with Crippen molar-refractivity contribution in [2.24, 2.45) is 0 Å². The molecular weight excluding hydrogens is 234 g/mol. The van der Waals surface area contributed by atoms with Crippen molar-refractivity contribution in [2.75, 3.05) is 0 Å². The van der Waals surface area contributed by atoms with Crippen molar-refractivity contribution < 1.29 is 0 Å². The first-order valence-electron chi connectivity index (χ1n) is 6.87. The molecule has 0 spiro atoms. The maximum Gasteiger partial charge on any atom is 0.0983 e. The van der Waals surface area contributed by atoms with Crippen molar-refractivity contribution >= 4 is 27.2 Å². The van der Waals surface area contributed by atoms with Gasteiger partial charge in [-0.3, -0.25) is 0 Å². The van der Waals surface area contributed by atoms with Crippen LogP contribution in [0.5, 0.6) is 0 Å². The van der Waals surface area contributed by atoms with Gasteiger partial charge in [0.2, 0.25) is 0 Å². The lowest BCUT2D eigenvalue weighted by Crippen LogP contribution is -1.85. The van der Waals surface area contributed by atoms with E-state index in [2.05, 4.69) is 53.6 Å². The second kappa shape index (κ2) is 3.92. The molecule has 19 heavy (non-hydrogen) atoms. The first-order chi connectivity index (χ1) is 9.40. The zero-order valence-electron chi connectivity index (χ0n) is 10.9. The number of unbranched alkanes of at least 4 members (excludes halogenated alkanes) is 1. The van der Waals surface area contributed by atoms with Crippen molar-refractivity contribution in [2.45, 2.75) is 26.2 Å². The Labute approximate surface area is 111 Å². The third-order valence-corrected chi connectivity index (χ3v) is 3.87. The van der Waals surface area contributed by atoms with E-state index in [9.17, 15) is 0 Å². The van der Waals surface area contributed by atoms with Crippen LogP contribution in [0.25, 0.3) is 27.2 Å². The van der Waals surface area contributed by atoms with Gasteiger partial charge in [0.05, 0.1) is 16.7 Å². The van der Waals surface area contributed by atoms with Crippen LogP contribution in [0.2, 0.25) is 0 Å². The van der Waals surface area contributed by atoms with E-state index in [1.807, 2.05) is 4.52 Å². The highest BCUT2D eigenvalue weighted by Gasteiger charge is 2.16. The molecule has 0 aliphatic rings. The molecule has 4 rings (SSSR count). The molecule has 0 amide bonds. The summed E-state index contributed by atoms with van der Waals surface area (Å²) in [5.74, 6) is 0. The Bertz CT molecular complexity index is 855. The minimum absolute atomic E-state index is 1.01. The highest BCUT2D eigenvalue weighted by Crippen LogP contribution is 2.33. The van der Waals surface area contributed by atoms with Gasteiger partial charge in [-0.25, -0.2) is 4.52 Å². The van der Waals surface area contributed by atoms with Gasteiger partial charge >= 0.3 is 0 Å². The highest BCUT2D eigenvalue weighted by atomic mass is 15.4. The van der Waals surface area contributed by atoms with Crippen LogP contribution in [0, 0.1) is 0 Å². The number of hydrogen-bond donors (Lipinski definition) is 0. The Balaban J connectivity index is 2.14. The normalized spacial score (nSPS) is 12.1. The predicted octanol–water partition coefficient (Wildman–Crippen LogP) is 3.82. The van der Waals surface area contributed by atoms with Crippen molar-refractivity contribution in [3.63, 3.8) is 0 Å². The molecule has 0 aliphatic heterocycles. The number of nitrogens with zero attached hydrogens (tertiary/aromatic N) is 3. The number of hydrogen-bond acceptors (Lipinski definition) is 2. The van der Waals surface area contributed by atoms with Crippen LogP contribution in [-0.2, 0) is 6.42 Å². The molecular formula is C16H15N3. The molecule has 2 aromatic heterocycles. The number of benzene rings is 2. The molecule has 3 heteroatoms. The second-order valence-corrected chi connectivity index (χ2v) is 5.08. The maximum atomic E-state index is 4.37. The molecule has 0 atom stereocenters. The molecule has 0 saturated heterocycles. The van der Waals surface area contributed by atoms with Gasteiger partial charge in [-0.1, -0.05) is 48.9 Å². The third-order valence-electron chi connectivity index (χ3n) is 3.87. The summed E-state index contributed by atoms with van der Waals surface area (Å²) in [4.78, 5) is 0. The largest absolute Gasteiger partial charge is 0.212 e. The van der Waals surface area contributed by atoms with Gasteiger partial charge in [-0.05, 0) is 24.3 Å². The topological polar surface area (TPSA) is 30.2 Å². The van der Waals surface area contributed by atoms with E-state index < -0.39 is 0 Å². The van der Waals surface area contributed by atoms with Gasteiger partial charge in [0.25, 0.3) is 0 Å². The Morgan fingerprint density at radius 2 is 1.95 bits per heavy atom. The molecule has 0 radical (unpaired) electrons. The van der Waals surface area contributed by atoms with E-state index in [1.165, 1.54) is 33.6 Å². The Hall–Kier alpha value is -2.16. The van der Waals surface area contributed by atoms with Crippen LogP contribution in [0.1, 0.15) is 25.5 Å². The molecule has 2 heterocycles. The van der Waals surface area contributed by atoms with Crippen molar-refractivity contribution in [3.8, 4) is 0 Å². The summed E-state index contributed by atoms with van der Waals surface area (Å²) < 4.78 is 2.00. The van der Waals surface area contributed by atoms with Crippen molar-refractivity contribution in [3.05, 3.63) is 42.1 Å². The molecule has 0 fully saturated rings. The van der Waals surface area contributed by atoms with E-state index in [-0.39, 0.29) is 0 Å². The molecule has 0 unspecified atom stereocenters. The fourth-order valence-electron chi connectivity index (χ4n) is 2.96. The van der Waals surface area contributed by atoms with Crippen LogP contribution in [0.4, 0.5) is 0 Å². The highest BCUT2D eigenvalue weighted by molar-refractivity contribution is 6.16. The van der Waals surface area contributed by atoms with Crippen LogP contribution < -0.4 is 0 Å². The van der Waals surface area contributed by atoms with E-state index in [4.69, 9.17) is 0 Å². The summed E-state index contributed by atoms with van der Waals surface area (Å²) in [5.41, 5.74) is 3.49. The quantitative estimate of drug-likeness (QED) is 0.552. The Kier molecular flexibility index (Phi) is 2.21. The van der Waals surface area contributed by atoms with Crippen LogP contribution >= 0.6 is 0 Å². The fraction of sp³-hybridized carbons (Fsp3) is 0.250. The van der Waals surface area contributed by atoms with Gasteiger partial charge in [-0.15, -0.1) is 5.10 Å². The monoisotopic (exact) mass is 249 g/mol. The SMILES string of the molecule is CCCCc1nnn2c3cccc4cccc(c43)c12. The Morgan fingerprint density at radius 1 is 1.11 bits per heavy atom. The van der Waals surface area contributed by atoms with Gasteiger partial charge in [0, 0.05) is 10.8 Å². The predicted molar refractivity (Wildman–Crippen MR) is 77.8 cm³/mol. The minimum atomic E-state index is 1.01. The summed E-state index contributed by atoms with van der Waals surface area (Å²) in [5, 5.41) is 12.6. The maximum absolute atomic E-state index is 4.37. The number of fused-ring (bicyclic) bond motifs is 3. The first kappa shape index (κ1) is 10.7. The van der Waals surface area contributed by atoms with E-state index in [0.717, 1.165) is 18.5 Å². The number of rotatable bonds is 3. The standard InChI is InChI=1S/C16H15N3/c1-2-3-9-13-16-12-8-4-6-11-7-5-10-14(15(11)12)19(16)18-17-13/h4-8,10H,2-3,9H2,1H3. The molecule has 94 valence electrons. The van der Waals surface area contributed by atoms with Crippen molar-refractivity contribution in [1.82, 2.24) is 14.8 Å². The fourth-order valence-corrected chi connectivity index (χ4v) is 2.96. The average Bonchev–Trinajstić information content (AvgIpc) is 2.99. The molecule has 2 aromatic carbocycles. The average molecular weight is 249 g/mol. The van der Waals surface area contributed by atoms with E-state index >= 15 is 0 Å². The molecule has 0 aliphatic carbocycles. The van der Waals surface area contributed by atoms with Crippen molar-refractivity contribution in [1.29, 1.82) is 0 Å². The number of aryl methyl sites for hydroxylation is 1. The summed E-state index contributed by atoms with van der Waals surface area (Å²) in [6, 6.07) is 12.8. The van der Waals surface area contributed by atoms with Crippen LogP contribution in [0.3, 0.4) is 0 Å². The molecule has 0 saturated carbocycles. The van der Waals surface area contributed by atoms with E-state index in [0.29, 0.717) is 0 Å². The summed E-state index contributed by atoms with van der Waals surface area (Å²) in [6.07, 6.45) is 3.36. The summed E-state index contributed by atoms with van der Waals surface area (Å²) in [7, 11) is 0. The number of aromatic nitrogens is 3. The minimum Gasteiger partial charge on any atom is -0.212 e. The van der Waals surface area contributed by atoms with Gasteiger partial charge in [-0.2, -0.15) is 0 Å². The van der Waals surface area contributed by atoms with Gasteiger partial charge < -0.3 is 0 Å². The van der Waals surface area contributed by atoms with Gasteiger partial charge in [0.1, 0.15) is 0 Å². The smallest absolute Gasteiger partial charge is 0.0983 e. The van der Waals surface area contributed by atoms with Crippen LogP contribution in [-0.4, -0.2) is 14.8 Å². The lowest BCUT2D eigenvalue weighted by molar-refractivity contribution is 0.768. The third kappa shape index (κ3) is 1.38. The molecule has 0 bridgehead atoms. The second-order valence-electron chi connectivity index (χ2n) is 5.08. The zero-order chi connectivity index (χ0) is 12.8. The summed E-state index contributed by atoms with van der Waals surface area (Å²) >= 11 is 0. The molecule has 4 aromatic rings.